The Kier molecular flexibility index (Phi) is 5.12. The standard InChI is InChI=1S/C19H16F5N5O/c20-13-3-1-12(2-4-13)18(5-7-19(23,24)8-6-18)27-17-25-9-11(10-26-17)15-28-29-16(30-15)14(21)22/h1-4,9-10,14H,5-8H2,(H,25,26,27). The third-order valence-corrected chi connectivity index (χ3v) is 5.11. The predicted molar refractivity (Wildman–Crippen MR) is 95.4 cm³/mol. The lowest BCUT2D eigenvalue weighted by atomic mass is 9.75. The van der Waals surface area contributed by atoms with Gasteiger partial charge in [0, 0.05) is 25.2 Å². The van der Waals surface area contributed by atoms with Crippen molar-refractivity contribution < 1.29 is 26.4 Å². The van der Waals surface area contributed by atoms with E-state index in [1.54, 1.807) is 12.1 Å². The molecule has 0 spiro atoms. The number of hydrogen-bond donors (Lipinski definition) is 1. The fourth-order valence-electron chi connectivity index (χ4n) is 3.45. The van der Waals surface area contributed by atoms with E-state index in [0.717, 1.165) is 0 Å². The Labute approximate surface area is 167 Å². The second kappa shape index (κ2) is 7.62. The molecule has 0 radical (unpaired) electrons. The monoisotopic (exact) mass is 425 g/mol. The summed E-state index contributed by atoms with van der Waals surface area (Å²) in [5, 5.41) is 9.87. The summed E-state index contributed by atoms with van der Waals surface area (Å²) in [4.78, 5) is 8.26. The number of hydrogen-bond acceptors (Lipinski definition) is 6. The molecule has 1 saturated carbocycles. The molecule has 1 aromatic carbocycles. The summed E-state index contributed by atoms with van der Waals surface area (Å²) in [5.74, 6) is -4.04. The SMILES string of the molecule is Fc1ccc(C2(Nc3ncc(-c4nnc(C(F)F)o4)cn3)CCC(F)(F)CC2)cc1. The van der Waals surface area contributed by atoms with Crippen molar-refractivity contribution >= 4 is 5.95 Å². The smallest absolute Gasteiger partial charge is 0.314 e. The normalized spacial score (nSPS) is 17.8. The third-order valence-electron chi connectivity index (χ3n) is 5.11. The van der Waals surface area contributed by atoms with Gasteiger partial charge in [-0.05, 0) is 30.5 Å². The summed E-state index contributed by atoms with van der Waals surface area (Å²) in [7, 11) is 0. The van der Waals surface area contributed by atoms with Crippen LogP contribution in [-0.2, 0) is 5.54 Å². The molecule has 11 heteroatoms. The Balaban J connectivity index is 1.59. The molecule has 0 atom stereocenters. The molecule has 0 bridgehead atoms. The first-order valence-electron chi connectivity index (χ1n) is 9.12. The zero-order valence-electron chi connectivity index (χ0n) is 15.5. The maximum Gasteiger partial charge on any atom is 0.314 e. The zero-order valence-corrected chi connectivity index (χ0v) is 15.5. The van der Waals surface area contributed by atoms with Crippen molar-refractivity contribution in [2.45, 2.75) is 43.6 Å². The van der Waals surface area contributed by atoms with Crippen LogP contribution >= 0.6 is 0 Å². The highest BCUT2D eigenvalue weighted by Gasteiger charge is 2.44. The molecular weight excluding hydrogens is 409 g/mol. The van der Waals surface area contributed by atoms with Crippen molar-refractivity contribution in [3.05, 3.63) is 53.9 Å². The van der Waals surface area contributed by atoms with Crippen LogP contribution in [0.3, 0.4) is 0 Å². The molecule has 0 saturated heterocycles. The molecular formula is C19H16F5N5O. The molecule has 0 aliphatic heterocycles. The number of alkyl halides is 4. The van der Waals surface area contributed by atoms with E-state index >= 15 is 0 Å². The van der Waals surface area contributed by atoms with Crippen LogP contribution in [0.25, 0.3) is 11.5 Å². The van der Waals surface area contributed by atoms with E-state index in [0.29, 0.717) is 5.56 Å². The van der Waals surface area contributed by atoms with Gasteiger partial charge in [-0.25, -0.2) is 23.1 Å². The van der Waals surface area contributed by atoms with Crippen molar-refractivity contribution in [3.63, 3.8) is 0 Å². The van der Waals surface area contributed by atoms with Gasteiger partial charge in [-0.15, -0.1) is 10.2 Å². The summed E-state index contributed by atoms with van der Waals surface area (Å²) in [5.41, 5.74) is -0.0268. The van der Waals surface area contributed by atoms with Crippen molar-refractivity contribution in [1.82, 2.24) is 20.2 Å². The number of halogens is 5. The molecule has 1 aliphatic rings. The largest absolute Gasteiger partial charge is 0.415 e. The van der Waals surface area contributed by atoms with E-state index in [-0.39, 0.29) is 43.1 Å². The lowest BCUT2D eigenvalue weighted by molar-refractivity contribution is -0.0486. The van der Waals surface area contributed by atoms with Crippen molar-refractivity contribution in [1.29, 1.82) is 0 Å². The van der Waals surface area contributed by atoms with Crippen LogP contribution in [0.4, 0.5) is 27.9 Å². The summed E-state index contributed by atoms with van der Waals surface area (Å²) in [6, 6.07) is 5.63. The molecule has 0 unspecified atom stereocenters. The van der Waals surface area contributed by atoms with Gasteiger partial charge in [0.1, 0.15) is 5.82 Å². The topological polar surface area (TPSA) is 76.7 Å². The zero-order chi connectivity index (χ0) is 21.4. The van der Waals surface area contributed by atoms with Crippen LogP contribution in [-0.4, -0.2) is 26.1 Å². The molecule has 0 amide bonds. The Morgan fingerprint density at radius 2 is 1.57 bits per heavy atom. The fraction of sp³-hybridized carbons (Fsp3) is 0.368. The molecule has 3 aromatic rings. The van der Waals surface area contributed by atoms with E-state index in [1.165, 1.54) is 24.5 Å². The number of nitrogens with one attached hydrogen (secondary N) is 1. The number of rotatable bonds is 5. The highest BCUT2D eigenvalue weighted by Crippen LogP contribution is 2.45. The molecule has 2 heterocycles. The van der Waals surface area contributed by atoms with Gasteiger partial charge in [0.05, 0.1) is 11.1 Å². The van der Waals surface area contributed by atoms with Crippen molar-refractivity contribution in [2.75, 3.05) is 5.32 Å². The van der Waals surface area contributed by atoms with E-state index in [2.05, 4.69) is 25.5 Å². The van der Waals surface area contributed by atoms with Crippen LogP contribution in [0.15, 0.2) is 41.1 Å². The fourth-order valence-corrected chi connectivity index (χ4v) is 3.45. The number of benzene rings is 1. The van der Waals surface area contributed by atoms with Crippen LogP contribution in [0.2, 0.25) is 0 Å². The molecule has 6 nitrogen and oxygen atoms in total. The lowest BCUT2D eigenvalue weighted by Crippen LogP contribution is -2.43. The average molecular weight is 425 g/mol. The molecule has 4 rings (SSSR count). The van der Waals surface area contributed by atoms with Crippen LogP contribution in [0, 0.1) is 5.82 Å². The highest BCUT2D eigenvalue weighted by molar-refractivity contribution is 5.51. The van der Waals surface area contributed by atoms with Gasteiger partial charge >= 0.3 is 6.43 Å². The van der Waals surface area contributed by atoms with Gasteiger partial charge in [0.15, 0.2) is 0 Å². The molecule has 1 aliphatic carbocycles. The van der Waals surface area contributed by atoms with E-state index < -0.39 is 29.6 Å². The Bertz CT molecular complexity index is 997. The molecule has 158 valence electrons. The Hall–Kier alpha value is -3.11. The minimum atomic E-state index is -2.90. The first-order valence-corrected chi connectivity index (χ1v) is 9.12. The average Bonchev–Trinajstić information content (AvgIpc) is 3.22. The van der Waals surface area contributed by atoms with Gasteiger partial charge in [-0.2, -0.15) is 8.78 Å². The van der Waals surface area contributed by atoms with Crippen molar-refractivity contribution in [2.24, 2.45) is 0 Å². The Morgan fingerprint density at radius 1 is 0.933 bits per heavy atom. The summed E-state index contributed by atoms with van der Waals surface area (Å²) < 4.78 is 70.9. The number of aromatic nitrogens is 4. The molecule has 2 aromatic heterocycles. The van der Waals surface area contributed by atoms with Gasteiger partial charge < -0.3 is 9.73 Å². The second-order valence-corrected chi connectivity index (χ2v) is 7.11. The summed E-state index contributed by atoms with van der Waals surface area (Å²) in [6.07, 6.45) is -0.784. The van der Waals surface area contributed by atoms with Gasteiger partial charge in [-0.3, -0.25) is 0 Å². The Morgan fingerprint density at radius 3 is 2.13 bits per heavy atom. The molecule has 1 N–H and O–H groups in total. The van der Waals surface area contributed by atoms with Gasteiger partial charge in [0.2, 0.25) is 11.9 Å². The third kappa shape index (κ3) is 4.10. The first-order chi connectivity index (χ1) is 14.3. The van der Waals surface area contributed by atoms with E-state index in [4.69, 9.17) is 4.42 Å². The minimum absolute atomic E-state index is 0.0954. The van der Waals surface area contributed by atoms with Gasteiger partial charge in [0.25, 0.3) is 11.8 Å². The molecule has 30 heavy (non-hydrogen) atoms. The predicted octanol–water partition coefficient (Wildman–Crippen LogP) is 5.12. The number of nitrogens with zero attached hydrogens (tertiary/aromatic N) is 4. The minimum Gasteiger partial charge on any atom is -0.415 e. The van der Waals surface area contributed by atoms with Crippen LogP contribution < -0.4 is 5.32 Å². The van der Waals surface area contributed by atoms with E-state index in [1.807, 2.05) is 0 Å². The maximum absolute atomic E-state index is 13.8. The quantitative estimate of drug-likeness (QED) is 0.572. The van der Waals surface area contributed by atoms with Crippen LogP contribution in [0.5, 0.6) is 0 Å². The van der Waals surface area contributed by atoms with Crippen LogP contribution in [0.1, 0.15) is 43.6 Å². The first kappa shape index (κ1) is 20.2. The lowest BCUT2D eigenvalue weighted by Gasteiger charge is -2.41. The maximum atomic E-state index is 13.8. The van der Waals surface area contributed by atoms with E-state index in [9.17, 15) is 22.0 Å². The summed E-state index contributed by atoms with van der Waals surface area (Å²) >= 11 is 0. The summed E-state index contributed by atoms with van der Waals surface area (Å²) in [6.45, 7) is 0. The van der Waals surface area contributed by atoms with Gasteiger partial charge in [-0.1, -0.05) is 12.1 Å². The number of anilines is 1. The molecule has 1 fully saturated rings. The van der Waals surface area contributed by atoms with Crippen molar-refractivity contribution in [3.8, 4) is 11.5 Å². The second-order valence-electron chi connectivity index (χ2n) is 7.11. The highest BCUT2D eigenvalue weighted by atomic mass is 19.3.